The minimum Gasteiger partial charge on any atom is -0.481 e. The molecule has 0 saturated heterocycles. The van der Waals surface area contributed by atoms with Crippen LogP contribution < -0.4 is 5.32 Å². The number of carbonyl (C=O) groups excluding carboxylic acids is 1. The first-order valence-corrected chi connectivity index (χ1v) is 7.65. The molecular weight excluding hydrogens is 242 g/mol. The summed E-state index contributed by atoms with van der Waals surface area (Å²) in [5, 5.41) is 12.2. The van der Waals surface area contributed by atoms with Crippen LogP contribution in [0.2, 0.25) is 0 Å². The molecule has 0 aromatic heterocycles. The predicted octanol–water partition coefficient (Wildman–Crippen LogP) is 2.04. The summed E-state index contributed by atoms with van der Waals surface area (Å²) in [6.07, 6.45) is 7.56. The predicted molar refractivity (Wildman–Crippen MR) is 70.4 cm³/mol. The Bertz CT molecular complexity index is 382. The van der Waals surface area contributed by atoms with Gasteiger partial charge in [0.2, 0.25) is 5.91 Å². The summed E-state index contributed by atoms with van der Waals surface area (Å²) in [4.78, 5) is 23.2. The molecule has 3 rings (SSSR count). The van der Waals surface area contributed by atoms with Gasteiger partial charge in [-0.3, -0.25) is 9.59 Å². The molecule has 0 aromatic rings. The Morgan fingerprint density at radius 2 is 1.84 bits per heavy atom. The Morgan fingerprint density at radius 3 is 2.47 bits per heavy atom. The quantitative estimate of drug-likeness (QED) is 0.817. The number of aliphatic carboxylic acids is 1. The average molecular weight is 265 g/mol. The molecule has 0 aromatic carbocycles. The summed E-state index contributed by atoms with van der Waals surface area (Å²) in [6.45, 7) is 0.767. The Morgan fingerprint density at radius 1 is 1.05 bits per heavy atom. The van der Waals surface area contributed by atoms with Crippen molar-refractivity contribution >= 4 is 11.9 Å². The number of amides is 1. The molecule has 0 radical (unpaired) electrons. The number of hydrogen-bond donors (Lipinski definition) is 2. The Labute approximate surface area is 113 Å². The summed E-state index contributed by atoms with van der Waals surface area (Å²) >= 11 is 0. The molecule has 4 nitrogen and oxygen atoms in total. The van der Waals surface area contributed by atoms with Gasteiger partial charge in [0.1, 0.15) is 0 Å². The number of carboxylic acids is 1. The van der Waals surface area contributed by atoms with Crippen molar-refractivity contribution in [1.29, 1.82) is 0 Å². The first-order chi connectivity index (χ1) is 9.15. The standard InChI is InChI=1S/C15H23NO3/c17-14(12-2-1-3-13(12)15(18)19)16-8-11-7-9-4-5-10(11)6-9/h9-13H,1-8H2,(H,16,17)(H,18,19)/t9?,10?,11?,12-,13+/m1/s1. The summed E-state index contributed by atoms with van der Waals surface area (Å²) in [5.41, 5.74) is 0. The first-order valence-electron chi connectivity index (χ1n) is 7.65. The van der Waals surface area contributed by atoms with E-state index in [1.807, 2.05) is 0 Å². The van der Waals surface area contributed by atoms with Crippen molar-refractivity contribution in [1.82, 2.24) is 5.32 Å². The van der Waals surface area contributed by atoms with E-state index in [9.17, 15) is 9.59 Å². The van der Waals surface area contributed by atoms with E-state index in [4.69, 9.17) is 5.11 Å². The van der Waals surface area contributed by atoms with Crippen LogP contribution in [0.15, 0.2) is 0 Å². The molecular formula is C15H23NO3. The van der Waals surface area contributed by atoms with Crippen LogP contribution in [-0.2, 0) is 9.59 Å². The van der Waals surface area contributed by atoms with Gasteiger partial charge in [-0.15, -0.1) is 0 Å². The first kappa shape index (κ1) is 12.9. The molecule has 2 bridgehead atoms. The van der Waals surface area contributed by atoms with E-state index in [0.29, 0.717) is 12.3 Å². The maximum Gasteiger partial charge on any atom is 0.307 e. The van der Waals surface area contributed by atoms with Crippen LogP contribution in [0.25, 0.3) is 0 Å². The fourth-order valence-electron chi connectivity index (χ4n) is 4.56. The molecule has 19 heavy (non-hydrogen) atoms. The summed E-state index contributed by atoms with van der Waals surface area (Å²) in [6, 6.07) is 0. The second kappa shape index (κ2) is 5.14. The molecule has 2 N–H and O–H groups in total. The van der Waals surface area contributed by atoms with Crippen molar-refractivity contribution in [3.05, 3.63) is 0 Å². The van der Waals surface area contributed by atoms with Gasteiger partial charge in [0.05, 0.1) is 11.8 Å². The lowest BCUT2D eigenvalue weighted by atomic mass is 9.88. The Balaban J connectivity index is 1.50. The van der Waals surface area contributed by atoms with Gasteiger partial charge in [-0.2, -0.15) is 0 Å². The fourth-order valence-corrected chi connectivity index (χ4v) is 4.56. The zero-order valence-electron chi connectivity index (χ0n) is 11.3. The van der Waals surface area contributed by atoms with E-state index < -0.39 is 11.9 Å². The molecule has 3 aliphatic carbocycles. The Kier molecular flexibility index (Phi) is 3.50. The number of carbonyl (C=O) groups is 2. The zero-order chi connectivity index (χ0) is 13.4. The lowest BCUT2D eigenvalue weighted by Gasteiger charge is -2.23. The van der Waals surface area contributed by atoms with Crippen LogP contribution in [0.5, 0.6) is 0 Å². The van der Waals surface area contributed by atoms with E-state index in [-0.39, 0.29) is 11.8 Å². The van der Waals surface area contributed by atoms with Crippen LogP contribution in [-0.4, -0.2) is 23.5 Å². The normalized spacial score (nSPS) is 40.5. The molecule has 1 amide bonds. The highest BCUT2D eigenvalue weighted by molar-refractivity contribution is 5.85. The van der Waals surface area contributed by atoms with Gasteiger partial charge in [-0.1, -0.05) is 12.8 Å². The van der Waals surface area contributed by atoms with Crippen molar-refractivity contribution in [3.63, 3.8) is 0 Å². The minimum atomic E-state index is -0.808. The molecule has 3 saturated carbocycles. The van der Waals surface area contributed by atoms with Gasteiger partial charge in [0, 0.05) is 6.54 Å². The molecule has 5 atom stereocenters. The lowest BCUT2D eigenvalue weighted by molar-refractivity contribution is -0.146. The van der Waals surface area contributed by atoms with E-state index in [1.54, 1.807) is 0 Å². The molecule has 0 spiro atoms. The monoisotopic (exact) mass is 265 g/mol. The third-order valence-corrected chi connectivity index (χ3v) is 5.59. The largest absolute Gasteiger partial charge is 0.481 e. The summed E-state index contributed by atoms with van der Waals surface area (Å²) in [7, 11) is 0. The van der Waals surface area contributed by atoms with Crippen molar-refractivity contribution in [3.8, 4) is 0 Å². The number of hydrogen-bond acceptors (Lipinski definition) is 2. The van der Waals surface area contributed by atoms with Crippen molar-refractivity contribution in [2.24, 2.45) is 29.6 Å². The van der Waals surface area contributed by atoms with Gasteiger partial charge in [0.15, 0.2) is 0 Å². The molecule has 3 fully saturated rings. The van der Waals surface area contributed by atoms with Crippen molar-refractivity contribution in [2.75, 3.05) is 6.54 Å². The molecule has 4 heteroatoms. The maximum atomic E-state index is 12.1. The highest BCUT2D eigenvalue weighted by atomic mass is 16.4. The Hall–Kier alpha value is -1.06. The van der Waals surface area contributed by atoms with Crippen LogP contribution in [0.4, 0.5) is 0 Å². The number of carboxylic acid groups (broad SMARTS) is 1. The van der Waals surface area contributed by atoms with E-state index in [0.717, 1.165) is 31.2 Å². The van der Waals surface area contributed by atoms with Crippen molar-refractivity contribution < 1.29 is 14.7 Å². The van der Waals surface area contributed by atoms with Crippen molar-refractivity contribution in [2.45, 2.75) is 44.9 Å². The molecule has 0 heterocycles. The third-order valence-electron chi connectivity index (χ3n) is 5.59. The van der Waals surface area contributed by atoms with Crippen LogP contribution in [0, 0.1) is 29.6 Å². The highest BCUT2D eigenvalue weighted by Gasteiger charge is 2.41. The molecule has 3 aliphatic rings. The fraction of sp³-hybridized carbons (Fsp3) is 0.867. The SMILES string of the molecule is O=C(O)[C@H]1CCC[C@H]1C(=O)NCC1CC2CCC1C2. The van der Waals surface area contributed by atoms with Gasteiger partial charge in [-0.05, 0) is 49.9 Å². The van der Waals surface area contributed by atoms with E-state index in [2.05, 4.69) is 5.32 Å². The summed E-state index contributed by atoms with van der Waals surface area (Å²) < 4.78 is 0. The second-order valence-electron chi connectivity index (χ2n) is 6.66. The molecule has 106 valence electrons. The maximum absolute atomic E-state index is 12.1. The van der Waals surface area contributed by atoms with E-state index >= 15 is 0 Å². The van der Waals surface area contributed by atoms with Gasteiger partial charge >= 0.3 is 5.97 Å². The van der Waals surface area contributed by atoms with Gasteiger partial charge in [-0.25, -0.2) is 0 Å². The average Bonchev–Trinajstić information content (AvgIpc) is 3.10. The minimum absolute atomic E-state index is 0.0207. The van der Waals surface area contributed by atoms with Gasteiger partial charge < -0.3 is 10.4 Å². The second-order valence-corrected chi connectivity index (χ2v) is 6.66. The van der Waals surface area contributed by atoms with Gasteiger partial charge in [0.25, 0.3) is 0 Å². The third kappa shape index (κ3) is 2.49. The number of nitrogens with one attached hydrogen (secondary N) is 1. The van der Waals surface area contributed by atoms with Crippen LogP contribution in [0.1, 0.15) is 44.9 Å². The lowest BCUT2D eigenvalue weighted by Crippen LogP contribution is -2.38. The molecule has 3 unspecified atom stereocenters. The number of fused-ring (bicyclic) bond motifs is 2. The van der Waals surface area contributed by atoms with Crippen LogP contribution >= 0.6 is 0 Å². The van der Waals surface area contributed by atoms with Crippen LogP contribution in [0.3, 0.4) is 0 Å². The molecule has 0 aliphatic heterocycles. The topological polar surface area (TPSA) is 66.4 Å². The van der Waals surface area contributed by atoms with E-state index in [1.165, 1.54) is 25.7 Å². The zero-order valence-corrected chi connectivity index (χ0v) is 11.3. The summed E-state index contributed by atoms with van der Waals surface area (Å²) in [5.74, 6) is 0.767. The smallest absolute Gasteiger partial charge is 0.307 e. The highest BCUT2D eigenvalue weighted by Crippen LogP contribution is 2.48. The number of rotatable bonds is 4.